The highest BCUT2D eigenvalue weighted by molar-refractivity contribution is 7.89. The minimum atomic E-state index is -4.02. The van der Waals surface area contributed by atoms with Crippen LogP contribution in [-0.4, -0.2) is 30.6 Å². The second-order valence-corrected chi connectivity index (χ2v) is 7.33. The highest BCUT2D eigenvalue weighted by atomic mass is 32.2. The summed E-state index contributed by atoms with van der Waals surface area (Å²) in [6.07, 6.45) is -0.358. The number of sulfonamides is 1. The summed E-state index contributed by atoms with van der Waals surface area (Å²) in [6.45, 7) is 3.42. The summed E-state index contributed by atoms with van der Waals surface area (Å²) >= 11 is 0. The molecule has 0 saturated heterocycles. The molecule has 7 nitrogen and oxygen atoms in total. The van der Waals surface area contributed by atoms with Crippen molar-refractivity contribution in [2.24, 2.45) is 5.41 Å². The molecule has 0 spiro atoms. The predicted octanol–water partition coefficient (Wildman–Crippen LogP) is 1.17. The van der Waals surface area contributed by atoms with Crippen molar-refractivity contribution in [1.29, 1.82) is 0 Å². The van der Waals surface area contributed by atoms with Crippen LogP contribution in [0.2, 0.25) is 0 Å². The van der Waals surface area contributed by atoms with Crippen LogP contribution >= 0.6 is 0 Å². The first-order valence-corrected chi connectivity index (χ1v) is 7.68. The van der Waals surface area contributed by atoms with Gasteiger partial charge in [-0.1, -0.05) is 13.8 Å². The lowest BCUT2D eigenvalue weighted by molar-refractivity contribution is -0.387. The van der Waals surface area contributed by atoms with E-state index in [4.69, 9.17) is 0 Å². The lowest BCUT2D eigenvalue weighted by atomic mass is 9.65. The molecule has 0 aromatic heterocycles. The van der Waals surface area contributed by atoms with Gasteiger partial charge >= 0.3 is 5.69 Å². The van der Waals surface area contributed by atoms with Gasteiger partial charge in [0, 0.05) is 17.5 Å². The van der Waals surface area contributed by atoms with Crippen LogP contribution in [0, 0.1) is 21.3 Å². The van der Waals surface area contributed by atoms with E-state index in [-0.39, 0.29) is 11.3 Å². The van der Waals surface area contributed by atoms with Gasteiger partial charge < -0.3 is 5.11 Å². The summed E-state index contributed by atoms with van der Waals surface area (Å²) in [5, 5.41) is 20.2. The van der Waals surface area contributed by atoms with Gasteiger partial charge in [0.05, 0.1) is 15.9 Å². The summed E-state index contributed by atoms with van der Waals surface area (Å²) < 4.78 is 40.0. The summed E-state index contributed by atoms with van der Waals surface area (Å²) in [5.41, 5.74) is -1.52. The Morgan fingerprint density at radius 2 is 2.10 bits per heavy atom. The van der Waals surface area contributed by atoms with Gasteiger partial charge in [-0.05, 0) is 18.6 Å². The van der Waals surface area contributed by atoms with Crippen molar-refractivity contribution < 1.29 is 22.8 Å². The van der Waals surface area contributed by atoms with Crippen LogP contribution in [0.4, 0.5) is 10.1 Å². The molecule has 0 aliphatic heterocycles. The zero-order chi connectivity index (χ0) is 16.0. The highest BCUT2D eigenvalue weighted by Crippen LogP contribution is 2.41. The number of rotatable bonds is 4. The zero-order valence-electron chi connectivity index (χ0n) is 11.4. The fourth-order valence-corrected chi connectivity index (χ4v) is 3.58. The zero-order valence-corrected chi connectivity index (χ0v) is 12.2. The van der Waals surface area contributed by atoms with Crippen LogP contribution in [0.25, 0.3) is 0 Å². The number of hydrogen-bond acceptors (Lipinski definition) is 5. The van der Waals surface area contributed by atoms with E-state index in [9.17, 15) is 28.0 Å². The van der Waals surface area contributed by atoms with E-state index < -0.39 is 44.0 Å². The first-order chi connectivity index (χ1) is 9.55. The van der Waals surface area contributed by atoms with E-state index in [1.54, 1.807) is 13.8 Å². The van der Waals surface area contributed by atoms with Gasteiger partial charge in [-0.25, -0.2) is 13.1 Å². The lowest BCUT2D eigenvalue weighted by Gasteiger charge is -2.49. The molecule has 2 unspecified atom stereocenters. The Balaban J connectivity index is 2.29. The topological polar surface area (TPSA) is 110 Å². The van der Waals surface area contributed by atoms with Crippen LogP contribution in [0.15, 0.2) is 23.1 Å². The fraction of sp³-hybridized carbons (Fsp3) is 0.500. The largest absolute Gasteiger partial charge is 0.392 e. The Bertz CT molecular complexity index is 689. The quantitative estimate of drug-likeness (QED) is 0.640. The molecule has 0 amide bonds. The molecule has 0 bridgehead atoms. The maximum atomic E-state index is 13.2. The third-order valence-corrected chi connectivity index (χ3v) is 5.41. The van der Waals surface area contributed by atoms with E-state index in [0.29, 0.717) is 6.07 Å². The molecule has 1 saturated carbocycles. The van der Waals surface area contributed by atoms with Crippen molar-refractivity contribution in [2.45, 2.75) is 37.3 Å². The third kappa shape index (κ3) is 2.76. The number of aliphatic hydroxyl groups is 1. The number of hydrogen-bond donors (Lipinski definition) is 2. The van der Waals surface area contributed by atoms with Crippen LogP contribution in [0.1, 0.15) is 20.3 Å². The van der Waals surface area contributed by atoms with Crippen molar-refractivity contribution in [2.75, 3.05) is 0 Å². The third-order valence-electron chi connectivity index (χ3n) is 3.94. The number of nitrogens with one attached hydrogen (secondary N) is 1. The van der Waals surface area contributed by atoms with Gasteiger partial charge in [0.25, 0.3) is 0 Å². The molecule has 0 heterocycles. The summed E-state index contributed by atoms with van der Waals surface area (Å²) in [4.78, 5) is 9.29. The molecule has 1 aliphatic rings. The van der Waals surface area contributed by atoms with E-state index in [0.717, 1.165) is 12.1 Å². The maximum absolute atomic E-state index is 13.2. The van der Waals surface area contributed by atoms with Gasteiger partial charge in [0.15, 0.2) is 0 Å². The molecule has 1 aromatic rings. The second kappa shape index (κ2) is 5.00. The van der Waals surface area contributed by atoms with Gasteiger partial charge in [-0.2, -0.15) is 4.39 Å². The average molecular weight is 318 g/mol. The van der Waals surface area contributed by atoms with Crippen LogP contribution in [0.3, 0.4) is 0 Å². The van der Waals surface area contributed by atoms with E-state index in [1.807, 2.05) is 0 Å². The molecule has 2 rings (SSSR count). The Morgan fingerprint density at radius 1 is 1.48 bits per heavy atom. The molecule has 9 heteroatoms. The van der Waals surface area contributed by atoms with Crippen molar-refractivity contribution in [3.63, 3.8) is 0 Å². The van der Waals surface area contributed by atoms with E-state index in [2.05, 4.69) is 4.72 Å². The molecule has 1 aliphatic carbocycles. The molecule has 21 heavy (non-hydrogen) atoms. The molecule has 0 radical (unpaired) electrons. The molecule has 2 atom stereocenters. The van der Waals surface area contributed by atoms with Crippen molar-refractivity contribution in [3.8, 4) is 0 Å². The number of aliphatic hydroxyl groups excluding tert-OH is 1. The van der Waals surface area contributed by atoms with Crippen molar-refractivity contribution in [3.05, 3.63) is 34.1 Å². The Hall–Kier alpha value is -1.58. The Morgan fingerprint density at radius 3 is 2.57 bits per heavy atom. The highest BCUT2D eigenvalue weighted by Gasteiger charge is 2.49. The van der Waals surface area contributed by atoms with E-state index in [1.165, 1.54) is 0 Å². The Labute approximate surface area is 121 Å². The van der Waals surface area contributed by atoms with E-state index >= 15 is 0 Å². The first kappa shape index (κ1) is 15.8. The first-order valence-electron chi connectivity index (χ1n) is 6.20. The molecule has 1 aromatic carbocycles. The van der Waals surface area contributed by atoms with Crippen molar-refractivity contribution >= 4 is 15.7 Å². The minimum Gasteiger partial charge on any atom is -0.392 e. The number of halogens is 1. The maximum Gasteiger partial charge on any atom is 0.306 e. The number of nitrogens with zero attached hydrogens (tertiary/aromatic N) is 1. The number of benzene rings is 1. The Kier molecular flexibility index (Phi) is 3.77. The van der Waals surface area contributed by atoms with Gasteiger partial charge in [-0.3, -0.25) is 10.1 Å². The monoisotopic (exact) mass is 318 g/mol. The van der Waals surface area contributed by atoms with Crippen LogP contribution in [-0.2, 0) is 10.0 Å². The van der Waals surface area contributed by atoms with Crippen LogP contribution in [0.5, 0.6) is 0 Å². The standard InChI is InChI=1S/C12H15FN2O5S/c1-12(2)10(6-11(12)16)14-21(19,20)7-3-4-8(13)9(5-7)15(17)18/h3-5,10-11,14,16H,6H2,1-2H3. The molecular weight excluding hydrogens is 303 g/mol. The smallest absolute Gasteiger partial charge is 0.306 e. The summed E-state index contributed by atoms with van der Waals surface area (Å²) in [7, 11) is -4.02. The number of nitro groups is 1. The average Bonchev–Trinajstić information content (AvgIpc) is 2.38. The fourth-order valence-electron chi connectivity index (χ4n) is 2.16. The van der Waals surface area contributed by atoms with Crippen LogP contribution < -0.4 is 4.72 Å². The predicted molar refractivity (Wildman–Crippen MR) is 71.6 cm³/mol. The second-order valence-electron chi connectivity index (χ2n) is 5.62. The number of nitro benzene ring substituents is 1. The van der Waals surface area contributed by atoms with Gasteiger partial charge in [-0.15, -0.1) is 0 Å². The molecular formula is C12H15FN2O5S. The van der Waals surface area contributed by atoms with Gasteiger partial charge in [0.2, 0.25) is 15.8 Å². The minimum absolute atomic E-state index is 0.259. The molecule has 116 valence electrons. The summed E-state index contributed by atoms with van der Waals surface area (Å²) in [6, 6.07) is 1.90. The van der Waals surface area contributed by atoms with Gasteiger partial charge in [0.1, 0.15) is 0 Å². The molecule has 1 fully saturated rings. The normalized spacial score (nSPS) is 24.4. The lowest BCUT2D eigenvalue weighted by Crippen LogP contribution is -2.61. The molecule has 2 N–H and O–H groups in total. The summed E-state index contributed by atoms with van der Waals surface area (Å²) in [5.74, 6) is -1.10. The van der Waals surface area contributed by atoms with Crippen molar-refractivity contribution in [1.82, 2.24) is 4.72 Å². The SMILES string of the molecule is CC1(C)C(O)CC1NS(=O)(=O)c1ccc(F)c([N+](=O)[O-])c1.